The molecule has 2 rings (SSSR count). The molecule has 1 heterocycles. The number of nitrogens with zero attached hydrogens (tertiary/aromatic N) is 2. The summed E-state index contributed by atoms with van der Waals surface area (Å²) in [4.78, 5) is 6.43. The maximum absolute atomic E-state index is 6.25. The molecule has 1 aromatic carbocycles. The zero-order chi connectivity index (χ0) is 13.8. The number of alkyl halides is 1. The highest BCUT2D eigenvalue weighted by Gasteiger charge is 2.10. The van der Waals surface area contributed by atoms with Gasteiger partial charge in [0.15, 0.2) is 0 Å². The lowest BCUT2D eigenvalue weighted by atomic mass is 10.1. The molecule has 0 bridgehead atoms. The molecule has 0 N–H and O–H groups in total. The number of aryl methyl sites for hydroxylation is 1. The third-order valence-corrected chi connectivity index (χ3v) is 3.65. The lowest BCUT2D eigenvalue weighted by Crippen LogP contribution is -2.18. The Balaban J connectivity index is 2.21. The van der Waals surface area contributed by atoms with Gasteiger partial charge in [0.1, 0.15) is 5.82 Å². The van der Waals surface area contributed by atoms with Crippen LogP contribution in [0.25, 0.3) is 0 Å². The Kier molecular flexibility index (Phi) is 4.67. The van der Waals surface area contributed by atoms with Crippen molar-refractivity contribution in [1.29, 1.82) is 0 Å². The van der Waals surface area contributed by atoms with Gasteiger partial charge >= 0.3 is 0 Å². The van der Waals surface area contributed by atoms with E-state index >= 15 is 0 Å². The second-order valence-corrected chi connectivity index (χ2v) is 5.24. The van der Waals surface area contributed by atoms with Gasteiger partial charge in [0.2, 0.25) is 0 Å². The van der Waals surface area contributed by atoms with Gasteiger partial charge in [-0.3, -0.25) is 0 Å². The van der Waals surface area contributed by atoms with E-state index in [1.165, 1.54) is 11.1 Å². The summed E-state index contributed by atoms with van der Waals surface area (Å²) in [6, 6.07) is 10.2. The van der Waals surface area contributed by atoms with Gasteiger partial charge < -0.3 is 4.90 Å². The summed E-state index contributed by atoms with van der Waals surface area (Å²) >= 11 is 12.0. The standard InChI is InChI=1S/C15H16Cl2N2/c1-11-5-3-4-6-13(11)10-19(2)15-14(17)7-12(8-16)9-18-15/h3-7,9H,8,10H2,1-2H3. The lowest BCUT2D eigenvalue weighted by molar-refractivity contribution is 0.889. The Hall–Kier alpha value is -1.25. The summed E-state index contributed by atoms with van der Waals surface area (Å²) in [5.41, 5.74) is 3.46. The Morgan fingerprint density at radius 3 is 2.63 bits per heavy atom. The van der Waals surface area contributed by atoms with Crippen molar-refractivity contribution >= 4 is 29.0 Å². The summed E-state index contributed by atoms with van der Waals surface area (Å²) in [5, 5.41) is 0.634. The van der Waals surface area contributed by atoms with E-state index in [-0.39, 0.29) is 0 Å². The van der Waals surface area contributed by atoms with Crippen molar-refractivity contribution < 1.29 is 0 Å². The quantitative estimate of drug-likeness (QED) is 0.776. The van der Waals surface area contributed by atoms with E-state index in [1.807, 2.05) is 30.1 Å². The van der Waals surface area contributed by atoms with Crippen molar-refractivity contribution in [2.24, 2.45) is 0 Å². The largest absolute Gasteiger partial charge is 0.354 e. The molecule has 100 valence electrons. The molecule has 0 spiro atoms. The summed E-state index contributed by atoms with van der Waals surface area (Å²) < 4.78 is 0. The Morgan fingerprint density at radius 1 is 1.26 bits per heavy atom. The van der Waals surface area contributed by atoms with E-state index in [2.05, 4.69) is 24.0 Å². The number of anilines is 1. The van der Waals surface area contributed by atoms with Gasteiger partial charge in [0, 0.05) is 25.7 Å². The summed E-state index contributed by atoms with van der Waals surface area (Å²) in [5.74, 6) is 1.20. The van der Waals surface area contributed by atoms with Crippen LogP contribution in [-0.4, -0.2) is 12.0 Å². The second-order valence-electron chi connectivity index (χ2n) is 4.57. The van der Waals surface area contributed by atoms with Gasteiger partial charge in [0.25, 0.3) is 0 Å². The Morgan fingerprint density at radius 2 is 2.00 bits per heavy atom. The highest BCUT2D eigenvalue weighted by atomic mass is 35.5. The molecular weight excluding hydrogens is 279 g/mol. The van der Waals surface area contributed by atoms with Crippen LogP contribution in [0.1, 0.15) is 16.7 Å². The van der Waals surface area contributed by atoms with Crippen molar-refractivity contribution in [3.8, 4) is 0 Å². The fraction of sp³-hybridized carbons (Fsp3) is 0.267. The first-order chi connectivity index (χ1) is 9.11. The van der Waals surface area contributed by atoms with E-state index in [9.17, 15) is 0 Å². The van der Waals surface area contributed by atoms with Crippen molar-refractivity contribution in [2.45, 2.75) is 19.3 Å². The van der Waals surface area contributed by atoms with Gasteiger partial charge in [-0.25, -0.2) is 4.98 Å². The molecule has 0 radical (unpaired) electrons. The normalized spacial score (nSPS) is 10.5. The first kappa shape index (κ1) is 14.2. The van der Waals surface area contributed by atoms with Gasteiger partial charge in [0.05, 0.1) is 5.02 Å². The molecule has 2 aromatic rings. The second kappa shape index (κ2) is 6.27. The molecule has 0 fully saturated rings. The molecular formula is C15H16Cl2N2. The highest BCUT2D eigenvalue weighted by Crippen LogP contribution is 2.25. The van der Waals surface area contributed by atoms with Crippen molar-refractivity contribution in [1.82, 2.24) is 4.98 Å². The van der Waals surface area contributed by atoms with Crippen molar-refractivity contribution in [3.05, 3.63) is 58.2 Å². The Bertz CT molecular complexity index is 570. The minimum atomic E-state index is 0.425. The SMILES string of the molecule is Cc1ccccc1CN(C)c1ncc(CCl)cc1Cl. The van der Waals surface area contributed by atoms with E-state index in [0.717, 1.165) is 17.9 Å². The molecule has 0 atom stereocenters. The molecule has 0 aliphatic carbocycles. The average Bonchev–Trinajstić information content (AvgIpc) is 2.41. The van der Waals surface area contributed by atoms with Gasteiger partial charge in [-0.05, 0) is 29.7 Å². The molecule has 1 aromatic heterocycles. The lowest BCUT2D eigenvalue weighted by Gasteiger charge is -2.20. The third-order valence-electron chi connectivity index (χ3n) is 3.06. The molecule has 0 aliphatic heterocycles. The average molecular weight is 295 g/mol. The van der Waals surface area contributed by atoms with Gasteiger partial charge in [-0.2, -0.15) is 0 Å². The fourth-order valence-electron chi connectivity index (χ4n) is 1.94. The molecule has 0 amide bonds. The summed E-state index contributed by atoms with van der Waals surface area (Å²) in [7, 11) is 1.99. The van der Waals surface area contributed by atoms with Crippen LogP contribution in [0.15, 0.2) is 36.5 Å². The zero-order valence-corrected chi connectivity index (χ0v) is 12.5. The van der Waals surface area contributed by atoms with Crippen molar-refractivity contribution in [2.75, 3.05) is 11.9 Å². The van der Waals surface area contributed by atoms with Crippen LogP contribution in [0.5, 0.6) is 0 Å². The number of hydrogen-bond donors (Lipinski definition) is 0. The molecule has 0 unspecified atom stereocenters. The molecule has 0 aliphatic rings. The Labute approximate surface area is 124 Å². The number of hydrogen-bond acceptors (Lipinski definition) is 2. The number of pyridine rings is 1. The maximum atomic E-state index is 6.25. The highest BCUT2D eigenvalue weighted by molar-refractivity contribution is 6.33. The number of benzene rings is 1. The zero-order valence-electron chi connectivity index (χ0n) is 11.0. The number of rotatable bonds is 4. The predicted molar refractivity (Wildman–Crippen MR) is 82.1 cm³/mol. The third kappa shape index (κ3) is 3.40. The van der Waals surface area contributed by atoms with Gasteiger partial charge in [-0.15, -0.1) is 11.6 Å². The van der Waals surface area contributed by atoms with Crippen LogP contribution in [0.2, 0.25) is 5.02 Å². The number of aromatic nitrogens is 1. The van der Waals surface area contributed by atoms with Crippen LogP contribution >= 0.6 is 23.2 Å². The topological polar surface area (TPSA) is 16.1 Å². The summed E-state index contributed by atoms with van der Waals surface area (Å²) in [6.45, 7) is 2.88. The van der Waals surface area contributed by atoms with E-state index < -0.39 is 0 Å². The summed E-state index contributed by atoms with van der Waals surface area (Å²) in [6.07, 6.45) is 1.77. The van der Waals surface area contributed by atoms with Crippen LogP contribution in [0.4, 0.5) is 5.82 Å². The minimum absolute atomic E-state index is 0.425. The first-order valence-electron chi connectivity index (χ1n) is 6.08. The van der Waals surface area contributed by atoms with Crippen LogP contribution in [0, 0.1) is 6.92 Å². The molecule has 2 nitrogen and oxygen atoms in total. The van der Waals surface area contributed by atoms with Crippen LogP contribution < -0.4 is 4.90 Å². The monoisotopic (exact) mass is 294 g/mol. The van der Waals surface area contributed by atoms with E-state index in [4.69, 9.17) is 23.2 Å². The van der Waals surface area contributed by atoms with E-state index in [0.29, 0.717) is 10.9 Å². The van der Waals surface area contributed by atoms with Gasteiger partial charge in [-0.1, -0.05) is 35.9 Å². The smallest absolute Gasteiger partial charge is 0.147 e. The van der Waals surface area contributed by atoms with Crippen LogP contribution in [-0.2, 0) is 12.4 Å². The maximum Gasteiger partial charge on any atom is 0.147 e. The molecule has 19 heavy (non-hydrogen) atoms. The molecule has 0 saturated carbocycles. The first-order valence-corrected chi connectivity index (χ1v) is 6.99. The molecule has 4 heteroatoms. The number of halogens is 2. The van der Waals surface area contributed by atoms with E-state index in [1.54, 1.807) is 6.20 Å². The predicted octanol–water partition coefficient (Wildman–Crippen LogP) is 4.42. The fourth-order valence-corrected chi connectivity index (χ4v) is 2.42. The van der Waals surface area contributed by atoms with Crippen molar-refractivity contribution in [3.63, 3.8) is 0 Å². The van der Waals surface area contributed by atoms with Crippen LogP contribution in [0.3, 0.4) is 0 Å². The minimum Gasteiger partial charge on any atom is -0.354 e. The molecule has 0 saturated heterocycles.